The molecule has 0 spiro atoms. The molecular formula is C15H15N3O. The van der Waals surface area contributed by atoms with Gasteiger partial charge in [-0.1, -0.05) is 24.3 Å². The molecule has 4 heteroatoms. The molecule has 1 aromatic carbocycles. The topological polar surface area (TPSA) is 50.9 Å². The minimum Gasteiger partial charge on any atom is -0.383 e. The van der Waals surface area contributed by atoms with E-state index in [1.165, 1.54) is 0 Å². The number of aliphatic hydroxyl groups is 1. The molecule has 0 fully saturated rings. The molecule has 3 rings (SSSR count). The van der Waals surface area contributed by atoms with Gasteiger partial charge in [0.25, 0.3) is 0 Å². The third-order valence-corrected chi connectivity index (χ3v) is 3.53. The van der Waals surface area contributed by atoms with Crippen molar-refractivity contribution in [1.29, 1.82) is 0 Å². The van der Waals surface area contributed by atoms with Crippen LogP contribution in [-0.2, 0) is 7.05 Å². The number of rotatable bonds is 2. The molecule has 0 saturated carbocycles. The number of aryl methyl sites for hydroxylation is 1. The summed E-state index contributed by atoms with van der Waals surface area (Å²) in [7, 11) is 1.87. The molecule has 2 heterocycles. The Morgan fingerprint density at radius 2 is 1.95 bits per heavy atom. The molecule has 2 aromatic heterocycles. The molecule has 1 atom stereocenters. The van der Waals surface area contributed by atoms with Crippen LogP contribution in [-0.4, -0.2) is 19.9 Å². The van der Waals surface area contributed by atoms with Crippen molar-refractivity contribution >= 4 is 10.9 Å². The molecule has 0 saturated heterocycles. The first-order valence-electron chi connectivity index (χ1n) is 6.18. The summed E-state index contributed by atoms with van der Waals surface area (Å²) >= 11 is 0. The van der Waals surface area contributed by atoms with E-state index >= 15 is 0 Å². The van der Waals surface area contributed by atoms with Crippen LogP contribution >= 0.6 is 0 Å². The van der Waals surface area contributed by atoms with E-state index in [4.69, 9.17) is 0 Å². The summed E-state index contributed by atoms with van der Waals surface area (Å²) in [4.78, 5) is 4.38. The Bertz CT molecular complexity index is 728. The van der Waals surface area contributed by atoms with E-state index in [1.54, 1.807) is 17.1 Å². The molecule has 3 aromatic rings. The van der Waals surface area contributed by atoms with E-state index in [2.05, 4.69) is 10.1 Å². The lowest BCUT2D eigenvalue weighted by Crippen LogP contribution is -2.03. The highest BCUT2D eigenvalue weighted by molar-refractivity contribution is 5.82. The van der Waals surface area contributed by atoms with Gasteiger partial charge in [-0.2, -0.15) is 5.10 Å². The lowest BCUT2D eigenvalue weighted by Gasteiger charge is -2.12. The van der Waals surface area contributed by atoms with E-state index in [-0.39, 0.29) is 0 Å². The maximum absolute atomic E-state index is 10.6. The first kappa shape index (κ1) is 11.9. The van der Waals surface area contributed by atoms with Crippen molar-refractivity contribution in [3.8, 4) is 0 Å². The van der Waals surface area contributed by atoms with Crippen molar-refractivity contribution in [1.82, 2.24) is 14.8 Å². The van der Waals surface area contributed by atoms with Crippen molar-refractivity contribution in [2.24, 2.45) is 7.05 Å². The molecule has 0 aliphatic carbocycles. The summed E-state index contributed by atoms with van der Waals surface area (Å²) in [6, 6.07) is 9.73. The van der Waals surface area contributed by atoms with Gasteiger partial charge in [-0.25, -0.2) is 0 Å². The van der Waals surface area contributed by atoms with E-state index in [0.29, 0.717) is 0 Å². The first-order chi connectivity index (χ1) is 9.18. The monoisotopic (exact) mass is 253 g/mol. The molecule has 1 N–H and O–H groups in total. The third kappa shape index (κ3) is 1.90. The van der Waals surface area contributed by atoms with Gasteiger partial charge >= 0.3 is 0 Å². The lowest BCUT2D eigenvalue weighted by molar-refractivity contribution is 0.220. The molecule has 0 bridgehead atoms. The predicted molar refractivity (Wildman–Crippen MR) is 73.7 cm³/mol. The van der Waals surface area contributed by atoms with E-state index in [1.807, 2.05) is 44.3 Å². The maximum atomic E-state index is 10.6. The number of fused-ring (bicyclic) bond motifs is 1. The summed E-state index contributed by atoms with van der Waals surface area (Å²) in [5, 5.41) is 15.8. The predicted octanol–water partition coefficient (Wildman–Crippen LogP) is 2.36. The second-order valence-corrected chi connectivity index (χ2v) is 4.63. The zero-order valence-corrected chi connectivity index (χ0v) is 10.9. The molecule has 0 aliphatic heterocycles. The second kappa shape index (κ2) is 4.48. The molecule has 0 aliphatic rings. The van der Waals surface area contributed by atoms with E-state index in [9.17, 15) is 5.11 Å². The Morgan fingerprint density at radius 3 is 2.68 bits per heavy atom. The third-order valence-electron chi connectivity index (χ3n) is 3.53. The highest BCUT2D eigenvalue weighted by Gasteiger charge is 2.18. The SMILES string of the molecule is Cc1c(C(O)c2cccc3cccnc23)cnn1C. The number of pyridine rings is 1. The van der Waals surface area contributed by atoms with E-state index < -0.39 is 6.10 Å². The van der Waals surface area contributed by atoms with Gasteiger partial charge in [0.1, 0.15) is 6.10 Å². The lowest BCUT2D eigenvalue weighted by atomic mass is 9.99. The average molecular weight is 253 g/mol. The molecular weight excluding hydrogens is 238 g/mol. The van der Waals surface area contributed by atoms with Crippen LogP contribution in [0.25, 0.3) is 10.9 Å². The Labute approximate surface area is 111 Å². The number of aromatic nitrogens is 3. The number of aliphatic hydroxyl groups excluding tert-OH is 1. The largest absolute Gasteiger partial charge is 0.383 e. The zero-order valence-electron chi connectivity index (χ0n) is 10.9. The fourth-order valence-electron chi connectivity index (χ4n) is 2.30. The molecule has 19 heavy (non-hydrogen) atoms. The van der Waals surface area contributed by atoms with Crippen molar-refractivity contribution in [3.05, 3.63) is 59.5 Å². The zero-order chi connectivity index (χ0) is 13.4. The number of hydrogen-bond donors (Lipinski definition) is 1. The summed E-state index contributed by atoms with van der Waals surface area (Å²) in [5.74, 6) is 0. The van der Waals surface area contributed by atoms with Gasteiger partial charge in [-0.3, -0.25) is 9.67 Å². The van der Waals surface area contributed by atoms with Gasteiger partial charge in [0.2, 0.25) is 0 Å². The summed E-state index contributed by atoms with van der Waals surface area (Å²) in [6.07, 6.45) is 2.75. The summed E-state index contributed by atoms with van der Waals surface area (Å²) in [6.45, 7) is 1.95. The average Bonchev–Trinajstić information content (AvgIpc) is 2.78. The standard InChI is InChI=1S/C15H15N3O/c1-10-13(9-17-18(10)2)15(19)12-7-3-5-11-6-4-8-16-14(11)12/h3-9,15,19H,1-2H3. The number of hydrogen-bond acceptors (Lipinski definition) is 3. The van der Waals surface area contributed by atoms with Crippen LogP contribution < -0.4 is 0 Å². The van der Waals surface area contributed by atoms with Gasteiger partial charge in [0.15, 0.2) is 0 Å². The van der Waals surface area contributed by atoms with Crippen LogP contribution in [0.2, 0.25) is 0 Å². The van der Waals surface area contributed by atoms with Crippen LogP contribution in [0.3, 0.4) is 0 Å². The maximum Gasteiger partial charge on any atom is 0.109 e. The Hall–Kier alpha value is -2.20. The normalized spacial score (nSPS) is 12.8. The van der Waals surface area contributed by atoms with Crippen LogP contribution in [0.4, 0.5) is 0 Å². The molecule has 0 radical (unpaired) electrons. The van der Waals surface area contributed by atoms with E-state index in [0.717, 1.165) is 27.7 Å². The smallest absolute Gasteiger partial charge is 0.109 e. The summed E-state index contributed by atoms with van der Waals surface area (Å²) in [5.41, 5.74) is 3.43. The molecule has 96 valence electrons. The van der Waals surface area contributed by atoms with Crippen LogP contribution in [0.15, 0.2) is 42.7 Å². The van der Waals surface area contributed by atoms with Gasteiger partial charge in [0.05, 0.1) is 11.7 Å². The molecule has 1 unspecified atom stereocenters. The Balaban J connectivity index is 2.17. The van der Waals surface area contributed by atoms with Crippen molar-refractivity contribution < 1.29 is 5.11 Å². The highest BCUT2D eigenvalue weighted by Crippen LogP contribution is 2.28. The minimum absolute atomic E-state index is 0.702. The second-order valence-electron chi connectivity index (χ2n) is 4.63. The van der Waals surface area contributed by atoms with Gasteiger partial charge in [-0.15, -0.1) is 0 Å². The van der Waals surface area contributed by atoms with Crippen LogP contribution in [0, 0.1) is 6.92 Å². The number of benzene rings is 1. The Kier molecular flexibility index (Phi) is 2.80. The molecule has 0 amide bonds. The Morgan fingerprint density at radius 1 is 1.16 bits per heavy atom. The van der Waals surface area contributed by atoms with Gasteiger partial charge < -0.3 is 5.11 Å². The van der Waals surface area contributed by atoms with Crippen molar-refractivity contribution in [2.75, 3.05) is 0 Å². The van der Waals surface area contributed by atoms with Crippen LogP contribution in [0.5, 0.6) is 0 Å². The fourth-order valence-corrected chi connectivity index (χ4v) is 2.30. The quantitative estimate of drug-likeness (QED) is 0.762. The number of nitrogens with zero attached hydrogens (tertiary/aromatic N) is 3. The minimum atomic E-state index is -0.702. The van der Waals surface area contributed by atoms with Crippen molar-refractivity contribution in [2.45, 2.75) is 13.0 Å². The fraction of sp³-hybridized carbons (Fsp3) is 0.200. The summed E-state index contributed by atoms with van der Waals surface area (Å²) < 4.78 is 1.76. The molecule has 4 nitrogen and oxygen atoms in total. The van der Waals surface area contributed by atoms with Gasteiger partial charge in [-0.05, 0) is 13.0 Å². The number of para-hydroxylation sites is 1. The highest BCUT2D eigenvalue weighted by atomic mass is 16.3. The first-order valence-corrected chi connectivity index (χ1v) is 6.18. The van der Waals surface area contributed by atoms with Gasteiger partial charge in [0, 0.05) is 35.5 Å². The van der Waals surface area contributed by atoms with Crippen LogP contribution in [0.1, 0.15) is 22.9 Å². The van der Waals surface area contributed by atoms with Crippen molar-refractivity contribution in [3.63, 3.8) is 0 Å².